The highest BCUT2D eigenvalue weighted by atomic mass is 19.4. The average Bonchev–Trinajstić information content (AvgIpc) is 2.06. The Labute approximate surface area is 81.1 Å². The number of carbonyl (C=O) groups is 1. The van der Waals surface area contributed by atoms with Gasteiger partial charge in [-0.3, -0.25) is 0 Å². The Morgan fingerprint density at radius 3 is 2.27 bits per heavy atom. The summed E-state index contributed by atoms with van der Waals surface area (Å²) in [5.74, 6) is -3.34. The fraction of sp³-hybridized carbons (Fsp3) is 0.125. The van der Waals surface area contributed by atoms with E-state index < -0.39 is 34.8 Å². The smallest absolute Gasteiger partial charge is 0.417 e. The highest BCUT2D eigenvalue weighted by Gasteiger charge is 2.34. The molecular weight excluding hydrogens is 218 g/mol. The molecule has 3 nitrogen and oxygen atoms in total. The molecule has 0 atom stereocenters. The lowest BCUT2D eigenvalue weighted by Gasteiger charge is -2.14. The van der Waals surface area contributed by atoms with Crippen LogP contribution in [0, 0.1) is 5.82 Å². The highest BCUT2D eigenvalue weighted by Crippen LogP contribution is 2.33. The Morgan fingerprint density at radius 2 is 1.87 bits per heavy atom. The molecule has 0 bridgehead atoms. The number of aromatic carboxylic acids is 1. The van der Waals surface area contributed by atoms with Gasteiger partial charge in [-0.25, -0.2) is 4.39 Å². The second-order valence-electron chi connectivity index (χ2n) is 2.70. The number of hydrogen-bond donors (Lipinski definition) is 1. The number of anilines is 1. The third-order valence-electron chi connectivity index (χ3n) is 1.66. The molecule has 1 rings (SSSR count). The van der Waals surface area contributed by atoms with Crippen LogP contribution in [-0.4, -0.2) is 5.97 Å². The van der Waals surface area contributed by atoms with E-state index in [-0.39, 0.29) is 12.1 Å². The third-order valence-corrected chi connectivity index (χ3v) is 1.66. The molecule has 2 N–H and O–H groups in total. The van der Waals surface area contributed by atoms with Gasteiger partial charge in [0.25, 0.3) is 0 Å². The van der Waals surface area contributed by atoms with Crippen molar-refractivity contribution in [1.29, 1.82) is 0 Å². The molecule has 0 saturated carbocycles. The number of hydrogen-bond acceptors (Lipinski definition) is 3. The minimum atomic E-state index is -4.92. The van der Waals surface area contributed by atoms with E-state index in [9.17, 15) is 27.5 Å². The van der Waals surface area contributed by atoms with Crippen LogP contribution in [0.4, 0.5) is 23.2 Å². The maximum atomic E-state index is 12.7. The largest absolute Gasteiger partial charge is 0.545 e. The van der Waals surface area contributed by atoms with E-state index in [1.165, 1.54) is 0 Å². The first-order valence-corrected chi connectivity index (χ1v) is 3.61. The number of halogens is 4. The monoisotopic (exact) mass is 222 g/mol. The average molecular weight is 222 g/mol. The summed E-state index contributed by atoms with van der Waals surface area (Å²) >= 11 is 0. The lowest BCUT2D eigenvalue weighted by Crippen LogP contribution is -2.26. The van der Waals surface area contributed by atoms with Crippen molar-refractivity contribution in [3.63, 3.8) is 0 Å². The van der Waals surface area contributed by atoms with E-state index in [1.807, 2.05) is 0 Å². The number of nitrogen functional groups attached to an aromatic ring is 1. The van der Waals surface area contributed by atoms with Crippen LogP contribution >= 0.6 is 0 Å². The first-order chi connectivity index (χ1) is 6.73. The van der Waals surface area contributed by atoms with Gasteiger partial charge in [0, 0.05) is 5.56 Å². The number of carboxylic acid groups (broad SMARTS) is 1. The van der Waals surface area contributed by atoms with Gasteiger partial charge in [0.1, 0.15) is 5.82 Å². The summed E-state index contributed by atoms with van der Waals surface area (Å²) in [7, 11) is 0. The molecule has 0 fully saturated rings. The summed E-state index contributed by atoms with van der Waals surface area (Å²) in [6.45, 7) is 0. The summed E-state index contributed by atoms with van der Waals surface area (Å²) in [5, 5.41) is 10.3. The van der Waals surface area contributed by atoms with Crippen molar-refractivity contribution in [2.45, 2.75) is 6.18 Å². The van der Waals surface area contributed by atoms with Gasteiger partial charge in [-0.1, -0.05) is 0 Å². The predicted octanol–water partition coefficient (Wildman–Crippen LogP) is 0.790. The first kappa shape index (κ1) is 11.3. The second kappa shape index (κ2) is 3.41. The van der Waals surface area contributed by atoms with Gasteiger partial charge in [0.15, 0.2) is 0 Å². The molecule has 82 valence electrons. The minimum Gasteiger partial charge on any atom is -0.545 e. The van der Waals surface area contributed by atoms with Crippen molar-refractivity contribution in [2.24, 2.45) is 0 Å². The molecule has 15 heavy (non-hydrogen) atoms. The summed E-state index contributed by atoms with van der Waals surface area (Å²) in [5.41, 5.74) is 1.33. The number of benzene rings is 1. The maximum absolute atomic E-state index is 12.7. The quantitative estimate of drug-likeness (QED) is 0.564. The molecule has 7 heteroatoms. The lowest BCUT2D eigenvalue weighted by molar-refractivity contribution is -0.255. The van der Waals surface area contributed by atoms with E-state index in [2.05, 4.69) is 0 Å². The van der Waals surface area contributed by atoms with Gasteiger partial charge >= 0.3 is 6.18 Å². The summed E-state index contributed by atoms with van der Waals surface area (Å²) in [6, 6.07) is 0.411. The summed E-state index contributed by atoms with van der Waals surface area (Å²) < 4.78 is 49.5. The molecular formula is C8H4F4NO2-. The lowest BCUT2D eigenvalue weighted by atomic mass is 10.1. The number of alkyl halides is 3. The van der Waals surface area contributed by atoms with Gasteiger partial charge in [0.2, 0.25) is 0 Å². The van der Waals surface area contributed by atoms with Crippen LogP contribution in [0.25, 0.3) is 0 Å². The maximum Gasteiger partial charge on any atom is 0.417 e. The van der Waals surface area contributed by atoms with Crippen molar-refractivity contribution in [3.8, 4) is 0 Å². The minimum absolute atomic E-state index is 0.188. The Hall–Kier alpha value is -1.79. The molecule has 0 radical (unpaired) electrons. The number of carboxylic acids is 1. The van der Waals surface area contributed by atoms with Crippen molar-refractivity contribution >= 4 is 11.7 Å². The summed E-state index contributed by atoms with van der Waals surface area (Å²) in [4.78, 5) is 10.3. The van der Waals surface area contributed by atoms with Gasteiger partial charge in [0.05, 0.1) is 17.2 Å². The zero-order chi connectivity index (χ0) is 11.8. The Morgan fingerprint density at radius 1 is 1.33 bits per heavy atom. The zero-order valence-electron chi connectivity index (χ0n) is 7.06. The van der Waals surface area contributed by atoms with Crippen LogP contribution in [0.3, 0.4) is 0 Å². The van der Waals surface area contributed by atoms with Crippen molar-refractivity contribution < 1.29 is 27.5 Å². The van der Waals surface area contributed by atoms with Gasteiger partial charge < -0.3 is 15.6 Å². The van der Waals surface area contributed by atoms with Crippen molar-refractivity contribution in [1.82, 2.24) is 0 Å². The fourth-order valence-electron chi connectivity index (χ4n) is 0.993. The molecule has 1 aromatic carbocycles. The molecule has 0 aliphatic rings. The van der Waals surface area contributed by atoms with Crippen LogP contribution in [0.15, 0.2) is 12.1 Å². The molecule has 0 amide bonds. The molecule has 1 aromatic rings. The van der Waals surface area contributed by atoms with Crippen LogP contribution in [0.5, 0.6) is 0 Å². The molecule has 0 saturated heterocycles. The number of nitrogens with two attached hydrogens (primary N) is 1. The number of carbonyl (C=O) groups excluding carboxylic acids is 1. The van der Waals surface area contributed by atoms with E-state index in [4.69, 9.17) is 5.73 Å². The van der Waals surface area contributed by atoms with Crippen LogP contribution < -0.4 is 10.8 Å². The van der Waals surface area contributed by atoms with Gasteiger partial charge in [-0.2, -0.15) is 13.2 Å². The van der Waals surface area contributed by atoms with E-state index in [1.54, 1.807) is 0 Å². The fourth-order valence-corrected chi connectivity index (χ4v) is 0.993. The predicted molar refractivity (Wildman–Crippen MR) is 40.1 cm³/mol. The first-order valence-electron chi connectivity index (χ1n) is 3.61. The summed E-state index contributed by atoms with van der Waals surface area (Å²) in [6.07, 6.45) is -4.92. The highest BCUT2D eigenvalue weighted by molar-refractivity contribution is 5.88. The third kappa shape index (κ3) is 2.17. The van der Waals surface area contributed by atoms with Gasteiger partial charge in [-0.05, 0) is 12.1 Å². The van der Waals surface area contributed by atoms with E-state index in [0.29, 0.717) is 0 Å². The van der Waals surface area contributed by atoms with Crippen LogP contribution in [0.1, 0.15) is 15.9 Å². The number of rotatable bonds is 1. The van der Waals surface area contributed by atoms with E-state index in [0.717, 1.165) is 0 Å². The van der Waals surface area contributed by atoms with Gasteiger partial charge in [-0.15, -0.1) is 0 Å². The normalized spacial score (nSPS) is 11.5. The molecule has 0 aliphatic carbocycles. The molecule has 0 spiro atoms. The Bertz CT molecular complexity index is 414. The SMILES string of the molecule is Nc1cc(C(F)(F)F)c(C(=O)[O-])cc1F. The zero-order valence-corrected chi connectivity index (χ0v) is 7.06. The van der Waals surface area contributed by atoms with Crippen molar-refractivity contribution in [3.05, 3.63) is 29.1 Å². The standard InChI is InChI=1S/C8H5F4NO2/c9-5-1-3(7(14)15)4(2-6(5)13)8(10,11)12/h1-2H,13H2,(H,14,15)/p-1. The molecule has 0 aliphatic heterocycles. The molecule has 0 unspecified atom stereocenters. The Balaban J connectivity index is 3.49. The topological polar surface area (TPSA) is 66.2 Å². The Kier molecular flexibility index (Phi) is 2.57. The van der Waals surface area contributed by atoms with Crippen molar-refractivity contribution in [2.75, 3.05) is 5.73 Å². The van der Waals surface area contributed by atoms with E-state index >= 15 is 0 Å². The van der Waals surface area contributed by atoms with Crippen LogP contribution in [-0.2, 0) is 6.18 Å². The molecule has 0 heterocycles. The molecule has 0 aromatic heterocycles. The second-order valence-corrected chi connectivity index (χ2v) is 2.70. The van der Waals surface area contributed by atoms with Crippen LogP contribution in [0.2, 0.25) is 0 Å².